The van der Waals surface area contributed by atoms with E-state index in [4.69, 9.17) is 0 Å². The number of carbonyl (C=O) groups is 1. The Bertz CT molecular complexity index is 255. The fraction of sp³-hybridized carbons (Fsp3) is 0.929. The third kappa shape index (κ3) is 3.44. The normalized spacial score (nSPS) is 28.3. The second kappa shape index (κ2) is 5.85. The second-order valence-corrected chi connectivity index (χ2v) is 5.70. The zero-order valence-electron chi connectivity index (χ0n) is 11.1. The Balaban J connectivity index is 1.71. The van der Waals surface area contributed by atoms with Crippen LogP contribution in [0.4, 0.5) is 0 Å². The van der Waals surface area contributed by atoms with Crippen molar-refractivity contribution >= 4 is 5.91 Å². The first-order valence-electron chi connectivity index (χ1n) is 7.30. The minimum Gasteiger partial charge on any atom is -0.354 e. The predicted molar refractivity (Wildman–Crippen MR) is 69.8 cm³/mol. The molecule has 1 saturated heterocycles. The summed E-state index contributed by atoms with van der Waals surface area (Å²) in [6.45, 7) is 4.01. The first-order valence-corrected chi connectivity index (χ1v) is 7.30. The van der Waals surface area contributed by atoms with Crippen molar-refractivity contribution in [2.45, 2.75) is 63.8 Å². The molecule has 0 aromatic carbocycles. The minimum absolute atomic E-state index is 0.242. The lowest BCUT2D eigenvalue weighted by molar-refractivity contribution is -0.127. The molecule has 2 rings (SSSR count). The van der Waals surface area contributed by atoms with E-state index in [1.165, 1.54) is 19.3 Å². The van der Waals surface area contributed by atoms with Gasteiger partial charge in [0.15, 0.2) is 0 Å². The van der Waals surface area contributed by atoms with Crippen LogP contribution in [0, 0.1) is 5.92 Å². The first-order chi connectivity index (χ1) is 8.27. The third-order valence-corrected chi connectivity index (χ3v) is 4.13. The molecule has 0 bridgehead atoms. The molecule has 2 aliphatic rings. The van der Waals surface area contributed by atoms with E-state index in [1.54, 1.807) is 0 Å². The van der Waals surface area contributed by atoms with Crippen LogP contribution in [0.15, 0.2) is 0 Å². The van der Waals surface area contributed by atoms with E-state index in [9.17, 15) is 4.79 Å². The molecule has 1 atom stereocenters. The van der Waals surface area contributed by atoms with Gasteiger partial charge < -0.3 is 10.6 Å². The number of hydrogen-bond donors (Lipinski definition) is 2. The van der Waals surface area contributed by atoms with Crippen LogP contribution in [0.1, 0.15) is 58.3 Å². The summed E-state index contributed by atoms with van der Waals surface area (Å²) < 4.78 is 0. The van der Waals surface area contributed by atoms with Crippen molar-refractivity contribution in [3.63, 3.8) is 0 Å². The van der Waals surface area contributed by atoms with Gasteiger partial charge in [-0.1, -0.05) is 26.2 Å². The van der Waals surface area contributed by atoms with Gasteiger partial charge in [0.05, 0.1) is 5.54 Å². The van der Waals surface area contributed by atoms with Crippen LogP contribution in [-0.2, 0) is 4.79 Å². The molecule has 2 N–H and O–H groups in total. The fourth-order valence-electron chi connectivity index (χ4n) is 2.92. The molecule has 2 fully saturated rings. The lowest BCUT2D eigenvalue weighted by Crippen LogP contribution is -2.53. The predicted octanol–water partition coefficient (Wildman–Crippen LogP) is 2.22. The molecular weight excluding hydrogens is 212 g/mol. The maximum absolute atomic E-state index is 12.2. The summed E-state index contributed by atoms with van der Waals surface area (Å²) in [5, 5.41) is 6.55. The van der Waals surface area contributed by atoms with E-state index in [1.807, 2.05) is 0 Å². The highest BCUT2D eigenvalue weighted by molar-refractivity contribution is 5.86. The van der Waals surface area contributed by atoms with E-state index in [2.05, 4.69) is 17.6 Å². The number of amides is 1. The van der Waals surface area contributed by atoms with Crippen molar-refractivity contribution in [2.24, 2.45) is 5.92 Å². The van der Waals surface area contributed by atoms with E-state index >= 15 is 0 Å². The third-order valence-electron chi connectivity index (χ3n) is 4.13. The minimum atomic E-state index is -0.242. The lowest BCUT2D eigenvalue weighted by Gasteiger charge is -2.27. The topological polar surface area (TPSA) is 41.1 Å². The van der Waals surface area contributed by atoms with Crippen molar-refractivity contribution in [1.29, 1.82) is 0 Å². The van der Waals surface area contributed by atoms with Crippen LogP contribution in [0.5, 0.6) is 0 Å². The van der Waals surface area contributed by atoms with Crippen LogP contribution in [0.25, 0.3) is 0 Å². The van der Waals surface area contributed by atoms with Crippen LogP contribution < -0.4 is 10.6 Å². The highest BCUT2D eigenvalue weighted by Gasteiger charge is 2.39. The Labute approximate surface area is 105 Å². The Hall–Kier alpha value is -0.570. The highest BCUT2D eigenvalue weighted by Crippen LogP contribution is 2.33. The molecule has 17 heavy (non-hydrogen) atoms. The summed E-state index contributed by atoms with van der Waals surface area (Å²) in [5.41, 5.74) is -0.242. The largest absolute Gasteiger partial charge is 0.354 e. The van der Waals surface area contributed by atoms with Crippen LogP contribution in [-0.4, -0.2) is 24.5 Å². The molecule has 98 valence electrons. The van der Waals surface area contributed by atoms with Crippen LogP contribution in [0.3, 0.4) is 0 Å². The van der Waals surface area contributed by atoms with Gasteiger partial charge in [-0.05, 0) is 44.6 Å². The van der Waals surface area contributed by atoms with E-state index in [-0.39, 0.29) is 11.4 Å². The second-order valence-electron chi connectivity index (χ2n) is 5.70. The molecular formula is C14H26N2O. The van der Waals surface area contributed by atoms with E-state index < -0.39 is 0 Å². The molecule has 1 heterocycles. The molecule has 3 heteroatoms. The molecule has 0 aromatic rings. The summed E-state index contributed by atoms with van der Waals surface area (Å²) in [5.74, 6) is 1.22. The molecule has 3 nitrogen and oxygen atoms in total. The Morgan fingerprint density at radius 2 is 2.29 bits per heavy atom. The van der Waals surface area contributed by atoms with Gasteiger partial charge in [-0.3, -0.25) is 4.79 Å². The molecule has 1 saturated carbocycles. The molecule has 1 aliphatic carbocycles. The average Bonchev–Trinajstić information content (AvgIpc) is 3.03. The van der Waals surface area contributed by atoms with Gasteiger partial charge in [-0.25, -0.2) is 0 Å². The molecule has 1 unspecified atom stereocenters. The zero-order valence-corrected chi connectivity index (χ0v) is 11.1. The zero-order chi connectivity index (χ0) is 12.1. The molecule has 0 radical (unpaired) electrons. The van der Waals surface area contributed by atoms with E-state index in [0.29, 0.717) is 0 Å². The standard InChI is InChI=1S/C14H26N2O/c1-2-8-14(9-4-11-16-14)13(17)15-10-3-5-12-6-7-12/h12,16H,2-11H2,1H3,(H,15,17). The van der Waals surface area contributed by atoms with Crippen molar-refractivity contribution in [3.8, 4) is 0 Å². The van der Waals surface area contributed by atoms with Gasteiger partial charge in [-0.15, -0.1) is 0 Å². The van der Waals surface area contributed by atoms with Gasteiger partial charge in [0.2, 0.25) is 5.91 Å². The van der Waals surface area contributed by atoms with Crippen molar-refractivity contribution in [3.05, 3.63) is 0 Å². The van der Waals surface area contributed by atoms with Gasteiger partial charge in [0.25, 0.3) is 0 Å². The van der Waals surface area contributed by atoms with Gasteiger partial charge in [0.1, 0.15) is 0 Å². The summed E-state index contributed by atoms with van der Waals surface area (Å²) in [6, 6.07) is 0. The van der Waals surface area contributed by atoms with E-state index in [0.717, 1.165) is 51.1 Å². The van der Waals surface area contributed by atoms with Crippen molar-refractivity contribution in [1.82, 2.24) is 10.6 Å². The van der Waals surface area contributed by atoms with Crippen LogP contribution in [0.2, 0.25) is 0 Å². The Morgan fingerprint density at radius 3 is 2.88 bits per heavy atom. The van der Waals surface area contributed by atoms with Gasteiger partial charge in [-0.2, -0.15) is 0 Å². The van der Waals surface area contributed by atoms with Crippen molar-refractivity contribution in [2.75, 3.05) is 13.1 Å². The number of carbonyl (C=O) groups excluding carboxylic acids is 1. The smallest absolute Gasteiger partial charge is 0.240 e. The maximum Gasteiger partial charge on any atom is 0.240 e. The number of hydrogen-bond acceptors (Lipinski definition) is 2. The molecule has 0 spiro atoms. The number of nitrogens with one attached hydrogen (secondary N) is 2. The Kier molecular flexibility index (Phi) is 4.43. The van der Waals surface area contributed by atoms with Gasteiger partial charge >= 0.3 is 0 Å². The van der Waals surface area contributed by atoms with Crippen LogP contribution >= 0.6 is 0 Å². The molecule has 0 aromatic heterocycles. The average molecular weight is 238 g/mol. The SMILES string of the molecule is CCCC1(C(=O)NCCCC2CC2)CCCN1. The number of rotatable bonds is 7. The lowest BCUT2D eigenvalue weighted by atomic mass is 9.91. The van der Waals surface area contributed by atoms with Crippen molar-refractivity contribution < 1.29 is 4.79 Å². The monoisotopic (exact) mass is 238 g/mol. The maximum atomic E-state index is 12.2. The highest BCUT2D eigenvalue weighted by atomic mass is 16.2. The van der Waals surface area contributed by atoms with Gasteiger partial charge in [0, 0.05) is 6.54 Å². The summed E-state index contributed by atoms with van der Waals surface area (Å²) in [4.78, 5) is 12.2. The first kappa shape index (κ1) is 12.9. The summed E-state index contributed by atoms with van der Waals surface area (Å²) >= 11 is 0. The fourth-order valence-corrected chi connectivity index (χ4v) is 2.92. The molecule has 1 aliphatic heterocycles. The molecule has 1 amide bonds. The summed E-state index contributed by atoms with van der Waals surface area (Å²) in [7, 11) is 0. The summed E-state index contributed by atoms with van der Waals surface area (Å²) in [6.07, 6.45) is 9.46. The Morgan fingerprint density at radius 1 is 1.47 bits per heavy atom. The quantitative estimate of drug-likeness (QED) is 0.668.